The molecule has 6 heterocycles. The fourth-order valence-electron chi connectivity index (χ4n) is 17.0. The lowest BCUT2D eigenvalue weighted by molar-refractivity contribution is -0.144. The summed E-state index contributed by atoms with van der Waals surface area (Å²) in [6.07, 6.45) is -28.0. The Balaban J connectivity index is 0.719. The molecule has 48 heteroatoms. The molecule has 15 aromatic rings. The maximum atomic E-state index is 15.3. The smallest absolute Gasteiger partial charge is 0.220 e. The summed E-state index contributed by atoms with van der Waals surface area (Å²) >= 11 is 0. The summed E-state index contributed by atoms with van der Waals surface area (Å²) < 4.78 is 440. The van der Waals surface area contributed by atoms with Crippen molar-refractivity contribution in [3.8, 4) is 67.9 Å². The fourth-order valence-corrected chi connectivity index (χ4v) is 17.0. The van der Waals surface area contributed by atoms with Crippen molar-refractivity contribution < 1.29 is 132 Å². The predicted molar refractivity (Wildman–Crippen MR) is 378 cm³/mol. The van der Waals surface area contributed by atoms with Gasteiger partial charge in [-0.15, -0.1) is 30.6 Å². The first-order valence-corrected chi connectivity index (χ1v) is 37.0. The van der Waals surface area contributed by atoms with E-state index in [1.165, 1.54) is 18.6 Å². The molecule has 3 fully saturated rings. The van der Waals surface area contributed by atoms with Crippen LogP contribution in [0.1, 0.15) is 121 Å². The van der Waals surface area contributed by atoms with Gasteiger partial charge in [-0.25, -0.2) is 80.8 Å². The Labute approximate surface area is 695 Å². The monoisotopic (exact) mass is 1830 g/mol. The molecule has 7 aliphatic rings. The van der Waals surface area contributed by atoms with Crippen LogP contribution >= 0.6 is 0 Å². The van der Waals surface area contributed by atoms with E-state index in [1.54, 1.807) is 72.8 Å². The lowest BCUT2D eigenvalue weighted by Gasteiger charge is -2.21. The molecule has 18 nitrogen and oxygen atoms in total. The summed E-state index contributed by atoms with van der Waals surface area (Å²) in [5, 5.41) is 47.0. The minimum atomic E-state index is -5.96. The number of aromatic nitrogens is 18. The van der Waals surface area contributed by atoms with Crippen LogP contribution in [0.15, 0.2) is 165 Å². The van der Waals surface area contributed by atoms with Crippen LogP contribution in [0.4, 0.5) is 132 Å². The second-order valence-electron chi connectivity index (χ2n) is 30.6. The molecule has 0 unspecified atom stereocenters. The van der Waals surface area contributed by atoms with Crippen molar-refractivity contribution in [2.45, 2.75) is 90.3 Å². The average Bonchev–Trinajstić information content (AvgIpc) is 1.52. The highest BCUT2D eigenvalue weighted by Crippen LogP contribution is 2.69. The first-order chi connectivity index (χ1) is 60.6. The van der Waals surface area contributed by atoms with E-state index in [2.05, 4.69) is 61.9 Å². The van der Waals surface area contributed by atoms with E-state index >= 15 is 65.9 Å². The number of halogens is 30. The van der Waals surface area contributed by atoms with Crippen molar-refractivity contribution in [1.29, 1.82) is 0 Å². The first-order valence-electron chi connectivity index (χ1n) is 37.0. The lowest BCUT2D eigenvalue weighted by atomic mass is 9.83. The number of nitrogens with zero attached hydrogens (tertiary/aromatic N) is 18. The van der Waals surface area contributed by atoms with E-state index in [0.717, 1.165) is 32.2 Å². The number of hydrogen-bond acceptors (Lipinski definition) is 12. The molecule has 3 saturated carbocycles. The normalized spacial score (nSPS) is 19.2. The Morgan fingerprint density at radius 1 is 0.240 bits per heavy atom. The Morgan fingerprint density at radius 2 is 0.457 bits per heavy atom. The van der Waals surface area contributed by atoms with Gasteiger partial charge in [0.2, 0.25) is 0 Å². The molecule has 0 spiro atoms. The van der Waals surface area contributed by atoms with E-state index in [1.807, 2.05) is 0 Å². The van der Waals surface area contributed by atoms with Crippen molar-refractivity contribution in [2.24, 2.45) is 0 Å². The maximum absolute atomic E-state index is 15.3. The molecule has 0 radical (unpaired) electrons. The summed E-state index contributed by atoms with van der Waals surface area (Å²) in [4.78, 5) is 0. The van der Waals surface area contributed by atoms with Gasteiger partial charge in [-0.3, -0.25) is 0 Å². The quantitative estimate of drug-likeness (QED) is 0.0834. The van der Waals surface area contributed by atoms with Crippen LogP contribution in [0.2, 0.25) is 0 Å². The van der Waals surface area contributed by atoms with E-state index in [9.17, 15) is 65.9 Å². The van der Waals surface area contributed by atoms with Gasteiger partial charge in [-0.1, -0.05) is 104 Å². The van der Waals surface area contributed by atoms with Gasteiger partial charge in [-0.05, 0) is 107 Å². The number of rotatable bonds is 12. The van der Waals surface area contributed by atoms with Crippen LogP contribution in [0, 0.1) is 69.8 Å². The number of fused-ring (bicyclic) bond motifs is 3. The summed E-state index contributed by atoms with van der Waals surface area (Å²) in [5.41, 5.74) is -24.5. The largest absolute Gasteiger partial charge is 0.422 e. The Bertz CT molecular complexity index is 6400. The Kier molecular flexibility index (Phi) is 18.5. The second-order valence-corrected chi connectivity index (χ2v) is 30.6. The van der Waals surface area contributed by atoms with Crippen molar-refractivity contribution in [3.63, 3.8) is 0 Å². The minimum Gasteiger partial charge on any atom is -0.220 e. The highest BCUT2D eigenvalue weighted by molar-refractivity contribution is 5.68. The van der Waals surface area contributed by atoms with Gasteiger partial charge in [0, 0.05) is 50.7 Å². The van der Waals surface area contributed by atoms with E-state index < -0.39 is 242 Å². The topological polar surface area (TPSA) is 184 Å². The van der Waals surface area contributed by atoms with Gasteiger partial charge in [0.1, 0.15) is 50.8 Å². The van der Waals surface area contributed by atoms with Crippen LogP contribution in [0.3, 0.4) is 0 Å². The maximum Gasteiger partial charge on any atom is 0.422 e. The van der Waals surface area contributed by atoms with Crippen LogP contribution in [-0.2, 0) is 53.3 Å². The Morgan fingerprint density at radius 3 is 0.667 bits per heavy atom. The summed E-state index contributed by atoms with van der Waals surface area (Å²) in [7, 11) is 0. The average molecular weight is 1830 g/mol. The van der Waals surface area contributed by atoms with Crippen LogP contribution in [-0.4, -0.2) is 90.0 Å². The zero-order valence-corrected chi connectivity index (χ0v) is 62.8. The molecule has 22 rings (SSSR count). The van der Waals surface area contributed by atoms with Crippen LogP contribution in [0.5, 0.6) is 0 Å². The molecule has 0 N–H and O–H groups in total. The highest BCUT2D eigenvalue weighted by atomic mass is 19.4. The molecule has 0 amide bonds. The number of benzene rings is 9. The molecular weight excluding hydrogens is 1790 g/mol. The molecule has 6 atom stereocenters. The molecule has 6 aromatic heterocycles. The first kappa shape index (κ1) is 84.2. The van der Waals surface area contributed by atoms with Crippen LogP contribution < -0.4 is 0 Å². The number of alkyl halides is 18. The van der Waals surface area contributed by atoms with Gasteiger partial charge in [0.15, 0.2) is 69.8 Å². The zero-order valence-electron chi connectivity index (χ0n) is 62.8. The molecule has 0 aliphatic heterocycles. The van der Waals surface area contributed by atoms with Crippen molar-refractivity contribution in [2.75, 3.05) is 0 Å². The molecular formula is C81H36F30N18. The summed E-state index contributed by atoms with van der Waals surface area (Å²) in [6.45, 7) is 0. The fraction of sp³-hybridized carbons (Fsp3) is 0.185. The Hall–Kier alpha value is -14.3. The second kappa shape index (κ2) is 28.4. The van der Waals surface area contributed by atoms with Crippen LogP contribution in [0.25, 0.3) is 67.9 Å². The molecule has 660 valence electrons. The van der Waals surface area contributed by atoms with Gasteiger partial charge < -0.3 is 0 Å². The van der Waals surface area contributed by atoms with Crippen molar-refractivity contribution >= 4 is 0 Å². The van der Waals surface area contributed by atoms with Crippen molar-refractivity contribution in [3.05, 3.63) is 318 Å². The number of hydrogen-bond donors (Lipinski definition) is 0. The summed E-state index contributed by atoms with van der Waals surface area (Å²) in [5.74, 6) is -34.9. The third kappa shape index (κ3) is 13.5. The third-order valence-corrected chi connectivity index (χ3v) is 23.4. The zero-order chi connectivity index (χ0) is 91.9. The summed E-state index contributed by atoms with van der Waals surface area (Å²) in [6, 6.07) is 26.8. The molecule has 9 aromatic carbocycles. The minimum absolute atomic E-state index is 0.0559. The molecule has 6 bridgehead atoms. The van der Waals surface area contributed by atoms with E-state index in [4.69, 9.17) is 0 Å². The lowest BCUT2D eigenvalue weighted by Crippen LogP contribution is -2.18. The standard InChI is InChI=1S/C81H36F30N18/c82-58-55(79(103,104)105)59(83)65(89)70(64(58)88)127-25-49(112-118-127)34-13-40(76(94,95)96)19-43(16-34)124-28-52(115-121-124)73-23-47(73)32-5-11-39(12-6-32)75(54-30-126(123-117-54)45-18-36(15-42(21-45)78(100,101)102)51-27-129(120-114-51)72-68(92)62(86)57(81(109,110)111)63(87)69(72)93)24-48(75)33-3-9-38(10-4-33)74(22-46(74)31-1-7-37(73)8-2-31)53-29-125(122-116-53)44-17-35(14-41(20-44)77(97,98)99)50-26-128(119-113-50)71-66(90)60(84)56(80(106,107)108)61(85)67(71)91/h1-21,25-30,46-48H,22-24H2/t46-,47-,48-,73-,74-,75-/m1/s1. The van der Waals surface area contributed by atoms with Gasteiger partial charge in [0.25, 0.3) is 0 Å². The van der Waals surface area contributed by atoms with Gasteiger partial charge in [0.05, 0.1) is 88.0 Å². The molecule has 7 aliphatic carbocycles. The van der Waals surface area contributed by atoms with E-state index in [-0.39, 0.29) is 50.4 Å². The SMILES string of the molecule is Fc1c(F)c(C(F)(F)F)c(F)c(F)c1-n1cc(-c2cc(-n3cc([C@@]45C[C@@H]4c4ccc(cc4)[C@]4(c6cn(-c7cc(-c8cn(-c9c(F)c(F)c(C(F)(F)F)c(F)c9F)nn8)cc(C(F)(F)F)c7)nn6)C[C@@H]4c4ccc(cc4)[C@]4(c6cn(-c7cc(-c8cn(-c9c(F)c(F)c(C(F)(F)F)c(F)c9F)nn8)cc(C(F)(F)F)c7)nn6)C[C@@H]4c4ccc5cc4)nn3)cc(C(F)(F)F)c2)nn1. The molecule has 0 saturated heterocycles. The van der Waals surface area contributed by atoms with Gasteiger partial charge >= 0.3 is 37.1 Å². The predicted octanol–water partition coefficient (Wildman–Crippen LogP) is 20.7. The molecule has 129 heavy (non-hydrogen) atoms. The highest BCUT2D eigenvalue weighted by Gasteiger charge is 2.64. The third-order valence-electron chi connectivity index (χ3n) is 23.4. The van der Waals surface area contributed by atoms with Crippen molar-refractivity contribution in [1.82, 2.24) is 90.0 Å². The van der Waals surface area contributed by atoms with E-state index in [0.29, 0.717) is 88.4 Å². The van der Waals surface area contributed by atoms with Gasteiger partial charge in [-0.2, -0.15) is 79.0 Å².